The molecule has 0 saturated carbocycles. The number of carbonyl (C=O) groups excluding carboxylic acids is 1. The van der Waals surface area contributed by atoms with Gasteiger partial charge in [0, 0.05) is 18.2 Å². The molecule has 1 aromatic carbocycles. The molecule has 1 atom stereocenters. The van der Waals surface area contributed by atoms with E-state index in [2.05, 4.69) is 17.6 Å². The highest BCUT2D eigenvalue weighted by molar-refractivity contribution is 5.94. The van der Waals surface area contributed by atoms with Crippen LogP contribution in [-0.2, 0) is 0 Å². The first-order valence-electron chi connectivity index (χ1n) is 7.25. The zero-order valence-corrected chi connectivity index (χ0v) is 12.0. The van der Waals surface area contributed by atoms with Gasteiger partial charge in [-0.05, 0) is 62.9 Å². The van der Waals surface area contributed by atoms with E-state index < -0.39 is 0 Å². The number of benzene rings is 1. The molecule has 1 aromatic rings. The van der Waals surface area contributed by atoms with E-state index in [0.717, 1.165) is 25.1 Å². The summed E-state index contributed by atoms with van der Waals surface area (Å²) in [6.45, 7) is 5.98. The Bertz CT molecular complexity index is 436. The molecular formula is C16H24N2O. The van der Waals surface area contributed by atoms with Gasteiger partial charge < -0.3 is 10.6 Å². The fourth-order valence-electron chi connectivity index (χ4n) is 2.52. The van der Waals surface area contributed by atoms with Crippen LogP contribution >= 0.6 is 0 Å². The molecule has 1 aliphatic rings. The Morgan fingerprint density at radius 2 is 2.16 bits per heavy atom. The molecule has 1 fully saturated rings. The maximum atomic E-state index is 12.0. The van der Waals surface area contributed by atoms with Gasteiger partial charge in [0.05, 0.1) is 0 Å². The molecule has 0 aliphatic carbocycles. The van der Waals surface area contributed by atoms with Crippen molar-refractivity contribution in [1.82, 2.24) is 10.6 Å². The highest BCUT2D eigenvalue weighted by Gasteiger charge is 2.12. The minimum absolute atomic E-state index is 0.0407. The molecule has 1 saturated heterocycles. The van der Waals surface area contributed by atoms with Crippen LogP contribution in [0.3, 0.4) is 0 Å². The smallest absolute Gasteiger partial charge is 0.251 e. The lowest BCUT2D eigenvalue weighted by atomic mass is 10.0. The minimum atomic E-state index is 0.0407. The Morgan fingerprint density at radius 3 is 2.84 bits per heavy atom. The van der Waals surface area contributed by atoms with Crippen molar-refractivity contribution >= 4 is 5.91 Å². The van der Waals surface area contributed by atoms with Crippen molar-refractivity contribution < 1.29 is 4.79 Å². The molecule has 0 spiro atoms. The minimum Gasteiger partial charge on any atom is -0.352 e. The Balaban J connectivity index is 1.78. The van der Waals surface area contributed by atoms with Crippen molar-refractivity contribution in [1.29, 1.82) is 0 Å². The lowest BCUT2D eigenvalue weighted by molar-refractivity contribution is 0.0951. The summed E-state index contributed by atoms with van der Waals surface area (Å²) in [4.78, 5) is 12.0. The normalized spacial score (nSPS) is 19.2. The lowest BCUT2D eigenvalue weighted by Crippen LogP contribution is -2.37. The maximum Gasteiger partial charge on any atom is 0.251 e. The van der Waals surface area contributed by atoms with Crippen LogP contribution in [0.25, 0.3) is 0 Å². The predicted octanol–water partition coefficient (Wildman–Crippen LogP) is 2.57. The topological polar surface area (TPSA) is 41.1 Å². The highest BCUT2D eigenvalue weighted by atomic mass is 16.1. The van der Waals surface area contributed by atoms with E-state index in [4.69, 9.17) is 0 Å². The van der Waals surface area contributed by atoms with E-state index in [0.29, 0.717) is 6.04 Å². The van der Waals surface area contributed by atoms with Gasteiger partial charge in [0.15, 0.2) is 0 Å². The third kappa shape index (κ3) is 4.06. The summed E-state index contributed by atoms with van der Waals surface area (Å²) in [6, 6.07) is 6.45. The van der Waals surface area contributed by atoms with Gasteiger partial charge in [-0.25, -0.2) is 0 Å². The standard InChI is InChI=1S/C16H24N2O/c1-12-6-7-14(11-13(12)2)16(19)18-10-8-15-5-3-4-9-17-15/h6-7,11,15,17H,3-5,8-10H2,1-2H3,(H,18,19). The van der Waals surface area contributed by atoms with Gasteiger partial charge in [0.2, 0.25) is 0 Å². The van der Waals surface area contributed by atoms with Gasteiger partial charge >= 0.3 is 0 Å². The molecule has 1 aliphatic heterocycles. The number of hydrogen-bond acceptors (Lipinski definition) is 2. The Labute approximate surface area is 115 Å². The molecule has 1 amide bonds. The number of nitrogens with one attached hydrogen (secondary N) is 2. The average molecular weight is 260 g/mol. The van der Waals surface area contributed by atoms with Gasteiger partial charge in [-0.1, -0.05) is 12.5 Å². The second-order valence-corrected chi connectivity index (χ2v) is 5.49. The molecular weight excluding hydrogens is 236 g/mol. The van der Waals surface area contributed by atoms with E-state index in [9.17, 15) is 4.79 Å². The number of hydrogen-bond donors (Lipinski definition) is 2. The van der Waals surface area contributed by atoms with Crippen LogP contribution in [0.15, 0.2) is 18.2 Å². The summed E-state index contributed by atoms with van der Waals surface area (Å²) in [5.41, 5.74) is 3.16. The van der Waals surface area contributed by atoms with Crippen molar-refractivity contribution in [2.75, 3.05) is 13.1 Å². The monoisotopic (exact) mass is 260 g/mol. The fourth-order valence-corrected chi connectivity index (χ4v) is 2.52. The Kier molecular flexibility index (Phi) is 4.97. The Morgan fingerprint density at radius 1 is 1.32 bits per heavy atom. The van der Waals surface area contributed by atoms with Gasteiger partial charge in [-0.15, -0.1) is 0 Å². The molecule has 0 radical (unpaired) electrons. The Hall–Kier alpha value is -1.35. The molecule has 1 unspecified atom stereocenters. The molecule has 0 bridgehead atoms. The summed E-state index contributed by atoms with van der Waals surface area (Å²) >= 11 is 0. The predicted molar refractivity (Wildman–Crippen MR) is 78.5 cm³/mol. The molecule has 104 valence electrons. The van der Waals surface area contributed by atoms with Gasteiger partial charge in [0.1, 0.15) is 0 Å². The van der Waals surface area contributed by atoms with Crippen molar-refractivity contribution in [3.05, 3.63) is 34.9 Å². The first-order chi connectivity index (χ1) is 9.16. The second-order valence-electron chi connectivity index (χ2n) is 5.49. The van der Waals surface area contributed by atoms with Gasteiger partial charge in [-0.2, -0.15) is 0 Å². The lowest BCUT2D eigenvalue weighted by Gasteiger charge is -2.23. The van der Waals surface area contributed by atoms with Crippen LogP contribution in [0.5, 0.6) is 0 Å². The van der Waals surface area contributed by atoms with Crippen LogP contribution in [0.2, 0.25) is 0 Å². The first kappa shape index (κ1) is 14.1. The van der Waals surface area contributed by atoms with Gasteiger partial charge in [0.25, 0.3) is 5.91 Å². The zero-order chi connectivity index (χ0) is 13.7. The van der Waals surface area contributed by atoms with E-state index in [1.807, 2.05) is 25.1 Å². The van der Waals surface area contributed by atoms with Crippen molar-refractivity contribution in [3.63, 3.8) is 0 Å². The molecule has 2 rings (SSSR count). The van der Waals surface area contributed by atoms with Crippen LogP contribution in [0.1, 0.15) is 47.2 Å². The third-order valence-electron chi connectivity index (χ3n) is 3.96. The van der Waals surface area contributed by atoms with Gasteiger partial charge in [-0.3, -0.25) is 4.79 Å². The number of amides is 1. The summed E-state index contributed by atoms with van der Waals surface area (Å²) < 4.78 is 0. The third-order valence-corrected chi connectivity index (χ3v) is 3.96. The van der Waals surface area contributed by atoms with E-state index >= 15 is 0 Å². The van der Waals surface area contributed by atoms with E-state index in [-0.39, 0.29) is 5.91 Å². The maximum absolute atomic E-state index is 12.0. The molecule has 2 N–H and O–H groups in total. The van der Waals surface area contributed by atoms with E-state index in [1.165, 1.54) is 30.4 Å². The molecule has 3 heteroatoms. The van der Waals surface area contributed by atoms with Crippen LogP contribution < -0.4 is 10.6 Å². The molecule has 1 heterocycles. The first-order valence-corrected chi connectivity index (χ1v) is 7.25. The number of aryl methyl sites for hydroxylation is 2. The molecule has 0 aromatic heterocycles. The summed E-state index contributed by atoms with van der Waals surface area (Å²) in [6.07, 6.45) is 4.85. The summed E-state index contributed by atoms with van der Waals surface area (Å²) in [5, 5.41) is 6.51. The SMILES string of the molecule is Cc1ccc(C(=O)NCCC2CCCCN2)cc1C. The second kappa shape index (κ2) is 6.71. The van der Waals surface area contributed by atoms with Crippen LogP contribution in [-0.4, -0.2) is 25.0 Å². The zero-order valence-electron chi connectivity index (χ0n) is 12.0. The highest BCUT2D eigenvalue weighted by Crippen LogP contribution is 2.11. The fraction of sp³-hybridized carbons (Fsp3) is 0.562. The van der Waals surface area contributed by atoms with E-state index in [1.54, 1.807) is 0 Å². The number of rotatable bonds is 4. The quantitative estimate of drug-likeness (QED) is 0.873. The number of piperidine rings is 1. The van der Waals surface area contributed by atoms with Crippen molar-refractivity contribution in [3.8, 4) is 0 Å². The van der Waals surface area contributed by atoms with Crippen molar-refractivity contribution in [2.45, 2.75) is 45.6 Å². The largest absolute Gasteiger partial charge is 0.352 e. The molecule has 19 heavy (non-hydrogen) atoms. The van der Waals surface area contributed by atoms with Crippen molar-refractivity contribution in [2.24, 2.45) is 0 Å². The number of carbonyl (C=O) groups is 1. The summed E-state index contributed by atoms with van der Waals surface area (Å²) in [5.74, 6) is 0.0407. The molecule has 3 nitrogen and oxygen atoms in total. The summed E-state index contributed by atoms with van der Waals surface area (Å²) in [7, 11) is 0. The van der Waals surface area contributed by atoms with Crippen LogP contribution in [0.4, 0.5) is 0 Å². The average Bonchev–Trinajstić information content (AvgIpc) is 2.43. The van der Waals surface area contributed by atoms with Crippen LogP contribution in [0, 0.1) is 13.8 Å².